The van der Waals surface area contributed by atoms with Crippen LogP contribution in [0.2, 0.25) is 0 Å². The molecule has 0 aromatic rings. The molecule has 2 fully saturated rings. The van der Waals surface area contributed by atoms with Gasteiger partial charge in [0.2, 0.25) is 0 Å². The Bertz CT molecular complexity index is 228. The van der Waals surface area contributed by atoms with E-state index in [9.17, 15) is 4.79 Å². The number of esters is 1. The van der Waals surface area contributed by atoms with Crippen molar-refractivity contribution in [3.05, 3.63) is 0 Å². The summed E-state index contributed by atoms with van der Waals surface area (Å²) in [6.07, 6.45) is 7.97. The second-order valence-electron chi connectivity index (χ2n) is 4.80. The van der Waals surface area contributed by atoms with E-state index in [2.05, 4.69) is 4.90 Å². The van der Waals surface area contributed by atoms with E-state index >= 15 is 0 Å². The monoisotopic (exact) mass is 211 g/mol. The Morgan fingerprint density at radius 3 is 2.80 bits per heavy atom. The maximum atomic E-state index is 11.3. The molecule has 15 heavy (non-hydrogen) atoms. The molecule has 0 radical (unpaired) electrons. The van der Waals surface area contributed by atoms with Crippen molar-refractivity contribution in [3.63, 3.8) is 0 Å². The molecule has 2 atom stereocenters. The van der Waals surface area contributed by atoms with Crippen LogP contribution < -0.4 is 0 Å². The lowest BCUT2D eigenvalue weighted by molar-refractivity contribution is -0.143. The lowest BCUT2D eigenvalue weighted by Gasteiger charge is -2.43. The van der Waals surface area contributed by atoms with E-state index in [1.54, 1.807) is 0 Å². The highest BCUT2D eigenvalue weighted by atomic mass is 16.5. The van der Waals surface area contributed by atoms with Gasteiger partial charge < -0.3 is 4.74 Å². The second-order valence-corrected chi connectivity index (χ2v) is 4.80. The highest BCUT2D eigenvalue weighted by Gasteiger charge is 2.33. The molecule has 0 amide bonds. The Hall–Kier alpha value is -0.570. The van der Waals surface area contributed by atoms with Gasteiger partial charge in [0.1, 0.15) is 0 Å². The van der Waals surface area contributed by atoms with Crippen LogP contribution in [0.4, 0.5) is 0 Å². The summed E-state index contributed by atoms with van der Waals surface area (Å²) in [6.45, 7) is 1.58. The van der Waals surface area contributed by atoms with Crippen molar-refractivity contribution in [1.82, 2.24) is 4.90 Å². The lowest BCUT2D eigenvalue weighted by atomic mass is 9.78. The van der Waals surface area contributed by atoms with Gasteiger partial charge in [-0.15, -0.1) is 0 Å². The highest BCUT2D eigenvalue weighted by Crippen LogP contribution is 2.34. The van der Waals surface area contributed by atoms with Gasteiger partial charge in [0, 0.05) is 6.04 Å². The molecule has 1 heterocycles. The highest BCUT2D eigenvalue weighted by molar-refractivity contribution is 5.71. The molecule has 2 rings (SSSR count). The number of hydrogen-bond acceptors (Lipinski definition) is 3. The van der Waals surface area contributed by atoms with Crippen molar-refractivity contribution in [2.75, 3.05) is 20.2 Å². The van der Waals surface area contributed by atoms with Crippen molar-refractivity contribution in [2.24, 2.45) is 5.92 Å². The topological polar surface area (TPSA) is 29.5 Å². The number of carbonyl (C=O) groups excluding carboxylic acids is 1. The summed E-state index contributed by atoms with van der Waals surface area (Å²) < 4.78 is 4.75. The van der Waals surface area contributed by atoms with Gasteiger partial charge >= 0.3 is 5.97 Å². The minimum Gasteiger partial charge on any atom is -0.468 e. The van der Waals surface area contributed by atoms with Crippen LogP contribution in [0.1, 0.15) is 38.5 Å². The van der Waals surface area contributed by atoms with Crippen LogP contribution in [0.25, 0.3) is 0 Å². The second kappa shape index (κ2) is 4.97. The van der Waals surface area contributed by atoms with Crippen molar-refractivity contribution in [2.45, 2.75) is 44.6 Å². The van der Waals surface area contributed by atoms with E-state index in [0.29, 0.717) is 12.6 Å². The molecular weight excluding hydrogens is 190 g/mol. The predicted molar refractivity (Wildman–Crippen MR) is 58.6 cm³/mol. The first-order valence-electron chi connectivity index (χ1n) is 6.12. The normalized spacial score (nSPS) is 32.1. The average Bonchev–Trinajstić information content (AvgIpc) is 2.29. The van der Waals surface area contributed by atoms with Crippen molar-refractivity contribution in [3.8, 4) is 0 Å². The zero-order valence-corrected chi connectivity index (χ0v) is 9.58. The molecule has 0 spiro atoms. The minimum atomic E-state index is -0.0822. The minimum absolute atomic E-state index is 0.0822. The third kappa shape index (κ3) is 2.51. The van der Waals surface area contributed by atoms with Gasteiger partial charge in [-0.05, 0) is 38.1 Å². The standard InChI is InChI=1S/C12H21NO2/c1-15-12(14)9-13-8-4-6-10-5-2-3-7-11(10)13/h10-11H,2-9H2,1H3/t10-,11-/m1/s1. The van der Waals surface area contributed by atoms with Crippen LogP contribution in [0.3, 0.4) is 0 Å². The van der Waals surface area contributed by atoms with Gasteiger partial charge in [-0.2, -0.15) is 0 Å². The van der Waals surface area contributed by atoms with E-state index in [1.807, 2.05) is 0 Å². The van der Waals surface area contributed by atoms with Crippen molar-refractivity contribution < 1.29 is 9.53 Å². The average molecular weight is 211 g/mol. The molecule has 0 unspecified atom stereocenters. The van der Waals surface area contributed by atoms with E-state index in [4.69, 9.17) is 4.74 Å². The number of carbonyl (C=O) groups is 1. The summed E-state index contributed by atoms with van der Waals surface area (Å²) in [4.78, 5) is 13.6. The molecule has 2 aliphatic rings. The summed E-state index contributed by atoms with van der Waals surface area (Å²) in [6, 6.07) is 0.659. The third-order valence-electron chi connectivity index (χ3n) is 3.92. The first kappa shape index (κ1) is 10.9. The van der Waals surface area contributed by atoms with Crippen LogP contribution in [0, 0.1) is 5.92 Å². The van der Waals surface area contributed by atoms with Crippen LogP contribution in [-0.2, 0) is 9.53 Å². The van der Waals surface area contributed by atoms with E-state index in [0.717, 1.165) is 12.5 Å². The number of ether oxygens (including phenoxy) is 1. The van der Waals surface area contributed by atoms with Crippen LogP contribution >= 0.6 is 0 Å². The molecule has 1 aliphatic carbocycles. The Morgan fingerprint density at radius 1 is 1.27 bits per heavy atom. The number of methoxy groups -OCH3 is 1. The summed E-state index contributed by atoms with van der Waals surface area (Å²) in [5.74, 6) is 0.762. The van der Waals surface area contributed by atoms with Gasteiger partial charge in [-0.1, -0.05) is 12.8 Å². The SMILES string of the molecule is COC(=O)CN1CCC[C@H]2CCCC[C@H]21. The molecule has 0 bridgehead atoms. The Kier molecular flexibility index (Phi) is 3.62. The van der Waals surface area contributed by atoms with E-state index < -0.39 is 0 Å². The van der Waals surface area contributed by atoms with E-state index in [-0.39, 0.29) is 5.97 Å². The molecule has 3 nitrogen and oxygen atoms in total. The van der Waals surface area contributed by atoms with Gasteiger partial charge in [0.25, 0.3) is 0 Å². The first-order valence-corrected chi connectivity index (χ1v) is 6.12. The van der Waals surface area contributed by atoms with Gasteiger partial charge in [-0.3, -0.25) is 9.69 Å². The predicted octanol–water partition coefficient (Wildman–Crippen LogP) is 1.81. The molecule has 86 valence electrons. The summed E-state index contributed by atoms with van der Waals surface area (Å²) in [5, 5.41) is 0. The van der Waals surface area contributed by atoms with Crippen LogP contribution in [0.15, 0.2) is 0 Å². The summed E-state index contributed by atoms with van der Waals surface area (Å²) >= 11 is 0. The Morgan fingerprint density at radius 2 is 2.00 bits per heavy atom. The number of piperidine rings is 1. The number of likely N-dealkylation sites (tertiary alicyclic amines) is 1. The molecule has 1 saturated heterocycles. The maximum absolute atomic E-state index is 11.3. The van der Waals surface area contributed by atoms with Crippen LogP contribution in [-0.4, -0.2) is 37.1 Å². The van der Waals surface area contributed by atoms with Gasteiger partial charge in [-0.25, -0.2) is 0 Å². The molecule has 1 aliphatic heterocycles. The molecular formula is C12H21NO2. The first-order chi connectivity index (χ1) is 7.31. The Labute approximate surface area is 91.8 Å². The van der Waals surface area contributed by atoms with Crippen LogP contribution in [0.5, 0.6) is 0 Å². The fourth-order valence-electron chi connectivity index (χ4n) is 3.15. The molecule has 0 aromatic heterocycles. The van der Waals surface area contributed by atoms with E-state index in [1.165, 1.54) is 45.6 Å². The van der Waals surface area contributed by atoms with Gasteiger partial charge in [0.15, 0.2) is 0 Å². The fraction of sp³-hybridized carbons (Fsp3) is 0.917. The molecule has 0 N–H and O–H groups in total. The van der Waals surface area contributed by atoms with Crippen molar-refractivity contribution >= 4 is 5.97 Å². The zero-order chi connectivity index (χ0) is 10.7. The largest absolute Gasteiger partial charge is 0.468 e. The third-order valence-corrected chi connectivity index (χ3v) is 3.92. The Balaban J connectivity index is 1.94. The zero-order valence-electron chi connectivity index (χ0n) is 9.58. The smallest absolute Gasteiger partial charge is 0.319 e. The molecule has 3 heteroatoms. The molecule has 0 aromatic carbocycles. The molecule has 1 saturated carbocycles. The van der Waals surface area contributed by atoms with Gasteiger partial charge in [0.05, 0.1) is 13.7 Å². The maximum Gasteiger partial charge on any atom is 0.319 e. The number of nitrogens with zero attached hydrogens (tertiary/aromatic N) is 1. The fourth-order valence-corrected chi connectivity index (χ4v) is 3.15. The van der Waals surface area contributed by atoms with Crippen molar-refractivity contribution in [1.29, 1.82) is 0 Å². The summed E-state index contributed by atoms with van der Waals surface area (Å²) in [7, 11) is 1.48. The number of fused-ring (bicyclic) bond motifs is 1. The quantitative estimate of drug-likeness (QED) is 0.652. The number of rotatable bonds is 2. The lowest BCUT2D eigenvalue weighted by Crippen LogP contribution is -2.48. The summed E-state index contributed by atoms with van der Waals surface area (Å²) in [5.41, 5.74) is 0. The number of hydrogen-bond donors (Lipinski definition) is 0.